The number of aromatic nitrogens is 2. The van der Waals surface area contributed by atoms with Crippen molar-refractivity contribution in [1.29, 1.82) is 0 Å². The topological polar surface area (TPSA) is 81.1 Å². The van der Waals surface area contributed by atoms with Crippen molar-refractivity contribution in [2.24, 2.45) is 0 Å². The number of thioether (sulfide) groups is 1. The number of rotatable bonds is 7. The van der Waals surface area contributed by atoms with Crippen LogP contribution in [0.25, 0.3) is 16.6 Å². The zero-order valence-corrected chi connectivity index (χ0v) is 22.1. The molecule has 1 aliphatic rings. The highest BCUT2D eigenvalue weighted by atomic mass is 32.2. The predicted molar refractivity (Wildman–Crippen MR) is 148 cm³/mol. The first kappa shape index (κ1) is 25.9. The summed E-state index contributed by atoms with van der Waals surface area (Å²) in [6, 6.07) is 16.2. The Labute approximate surface area is 224 Å². The number of amides is 1. The van der Waals surface area contributed by atoms with E-state index in [0.717, 1.165) is 48.6 Å². The number of hydrogen-bond donors (Lipinski definition) is 1. The second-order valence-electron chi connectivity index (χ2n) is 9.73. The number of nitrogens with zero attached hydrogens (tertiary/aromatic N) is 2. The molecule has 0 bridgehead atoms. The molecule has 0 aliphatic heterocycles. The maximum atomic E-state index is 13.6. The molecule has 1 aromatic heterocycles. The lowest BCUT2D eigenvalue weighted by atomic mass is 10.0. The predicted octanol–water partition coefficient (Wildman–Crippen LogP) is 5.79. The molecule has 0 unspecified atom stereocenters. The van der Waals surface area contributed by atoms with Gasteiger partial charge in [0.2, 0.25) is 0 Å². The first-order chi connectivity index (χ1) is 18.3. The van der Waals surface area contributed by atoms with Gasteiger partial charge < -0.3 is 5.32 Å². The summed E-state index contributed by atoms with van der Waals surface area (Å²) in [6.07, 6.45) is 4.15. The zero-order chi connectivity index (χ0) is 26.8. The Morgan fingerprint density at radius 3 is 2.47 bits per heavy atom. The number of aryl methyl sites for hydroxylation is 2. The van der Waals surface area contributed by atoms with E-state index in [1.807, 2.05) is 32.0 Å². The lowest BCUT2D eigenvalue weighted by molar-refractivity contribution is 0.0937. The number of carbonyl (C=O) groups is 2. The Bertz CT molecular complexity index is 1590. The first-order valence-electron chi connectivity index (χ1n) is 12.7. The smallest absolute Gasteiger partial charge is 0.266 e. The minimum Gasteiger partial charge on any atom is -0.349 e. The fraction of sp³-hybridized carbons (Fsp3) is 0.267. The van der Waals surface area contributed by atoms with Crippen molar-refractivity contribution < 1.29 is 14.0 Å². The van der Waals surface area contributed by atoms with Crippen molar-refractivity contribution in [3.63, 3.8) is 0 Å². The van der Waals surface area contributed by atoms with E-state index in [0.29, 0.717) is 32.9 Å². The average Bonchev–Trinajstić information content (AvgIpc) is 3.41. The summed E-state index contributed by atoms with van der Waals surface area (Å²) in [5, 5.41) is 3.69. The average molecular weight is 530 g/mol. The van der Waals surface area contributed by atoms with Crippen LogP contribution < -0.4 is 10.9 Å². The largest absolute Gasteiger partial charge is 0.349 e. The Balaban J connectivity index is 1.53. The van der Waals surface area contributed by atoms with Crippen LogP contribution in [0.5, 0.6) is 0 Å². The summed E-state index contributed by atoms with van der Waals surface area (Å²) in [6.45, 7) is 3.87. The molecular weight excluding hydrogens is 501 g/mol. The molecule has 1 fully saturated rings. The molecular formula is C30H28FN3O3S. The van der Waals surface area contributed by atoms with E-state index in [-0.39, 0.29) is 29.0 Å². The summed E-state index contributed by atoms with van der Waals surface area (Å²) in [5.74, 6) is -0.641. The van der Waals surface area contributed by atoms with Crippen LogP contribution in [0.3, 0.4) is 0 Å². The molecule has 1 saturated carbocycles. The summed E-state index contributed by atoms with van der Waals surface area (Å²) < 4.78 is 15.0. The number of carbonyl (C=O) groups excluding carboxylic acids is 2. The molecule has 1 N–H and O–H groups in total. The maximum absolute atomic E-state index is 13.6. The van der Waals surface area contributed by atoms with Gasteiger partial charge in [-0.25, -0.2) is 9.37 Å². The number of Topliss-reactive ketones (excluding diaryl/α,β-unsaturated/α-hetero) is 1. The fourth-order valence-electron chi connectivity index (χ4n) is 4.89. The quantitative estimate of drug-likeness (QED) is 0.186. The molecule has 194 valence electrons. The SMILES string of the molecule is Cc1ccc(C(=O)CSc2nc3cc(C(=O)NC4CCCC4)ccc3c(=O)n2-c2ccc(F)cc2)c(C)c1. The van der Waals surface area contributed by atoms with E-state index in [4.69, 9.17) is 4.98 Å². The van der Waals surface area contributed by atoms with Gasteiger partial charge in [-0.3, -0.25) is 19.0 Å². The summed E-state index contributed by atoms with van der Waals surface area (Å²) in [5.41, 5.74) is 3.45. The lowest BCUT2D eigenvalue weighted by Crippen LogP contribution is -2.32. The van der Waals surface area contributed by atoms with Crippen LogP contribution >= 0.6 is 11.8 Å². The Hall–Kier alpha value is -3.78. The Morgan fingerprint density at radius 1 is 1.03 bits per heavy atom. The number of halogens is 1. The summed E-state index contributed by atoms with van der Waals surface area (Å²) >= 11 is 1.14. The maximum Gasteiger partial charge on any atom is 0.266 e. The zero-order valence-electron chi connectivity index (χ0n) is 21.3. The Kier molecular flexibility index (Phi) is 7.42. The van der Waals surface area contributed by atoms with Crippen LogP contribution in [-0.2, 0) is 0 Å². The molecule has 0 atom stereocenters. The van der Waals surface area contributed by atoms with Crippen molar-refractivity contribution in [3.05, 3.63) is 99.1 Å². The van der Waals surface area contributed by atoms with Crippen LogP contribution in [0.15, 0.2) is 70.6 Å². The molecule has 38 heavy (non-hydrogen) atoms. The number of hydrogen-bond acceptors (Lipinski definition) is 5. The third kappa shape index (κ3) is 5.41. The molecule has 5 rings (SSSR count). The van der Waals surface area contributed by atoms with Gasteiger partial charge in [0.1, 0.15) is 5.82 Å². The van der Waals surface area contributed by atoms with Gasteiger partial charge >= 0.3 is 0 Å². The molecule has 8 heteroatoms. The monoisotopic (exact) mass is 529 g/mol. The molecule has 1 amide bonds. The van der Waals surface area contributed by atoms with Gasteiger partial charge in [0.15, 0.2) is 10.9 Å². The minimum atomic E-state index is -0.423. The molecule has 6 nitrogen and oxygen atoms in total. The fourth-order valence-corrected chi connectivity index (χ4v) is 5.79. The number of benzene rings is 3. The Morgan fingerprint density at radius 2 is 1.76 bits per heavy atom. The van der Waals surface area contributed by atoms with Crippen molar-refractivity contribution in [2.45, 2.75) is 50.7 Å². The molecule has 1 aliphatic carbocycles. The number of ketones is 1. The van der Waals surface area contributed by atoms with Gasteiger partial charge in [0.05, 0.1) is 22.3 Å². The van der Waals surface area contributed by atoms with E-state index in [9.17, 15) is 18.8 Å². The summed E-state index contributed by atoms with van der Waals surface area (Å²) in [4.78, 5) is 44.3. The van der Waals surface area contributed by atoms with Crippen molar-refractivity contribution in [2.75, 3.05) is 5.75 Å². The highest BCUT2D eigenvalue weighted by molar-refractivity contribution is 7.99. The third-order valence-electron chi connectivity index (χ3n) is 6.89. The van der Waals surface area contributed by atoms with Crippen molar-refractivity contribution >= 4 is 34.4 Å². The van der Waals surface area contributed by atoms with Crippen LogP contribution in [0.4, 0.5) is 4.39 Å². The van der Waals surface area contributed by atoms with Gasteiger partial charge in [-0.05, 0) is 74.7 Å². The third-order valence-corrected chi connectivity index (χ3v) is 7.83. The normalized spacial score (nSPS) is 13.7. The minimum absolute atomic E-state index is 0.0604. The highest BCUT2D eigenvalue weighted by Gasteiger charge is 2.20. The second kappa shape index (κ2) is 10.9. The first-order valence-corrected chi connectivity index (χ1v) is 13.7. The van der Waals surface area contributed by atoms with E-state index >= 15 is 0 Å². The standard InChI is InChI=1S/C30H28FN3O3S/c1-18-7-13-24(19(2)15-18)27(35)17-38-30-33-26-16-20(28(36)32-22-5-3-4-6-22)8-14-25(26)29(37)34(30)23-11-9-21(31)10-12-23/h7-16,22H,3-6,17H2,1-2H3,(H,32,36). The van der Waals surface area contributed by atoms with Gasteiger partial charge in [-0.15, -0.1) is 0 Å². The number of nitrogens with one attached hydrogen (secondary N) is 1. The van der Waals surface area contributed by atoms with E-state index in [1.54, 1.807) is 18.2 Å². The lowest BCUT2D eigenvalue weighted by Gasteiger charge is -2.15. The molecule has 4 aromatic rings. The van der Waals surface area contributed by atoms with Gasteiger partial charge in [-0.2, -0.15) is 0 Å². The molecule has 1 heterocycles. The van der Waals surface area contributed by atoms with Crippen LogP contribution in [0, 0.1) is 19.7 Å². The van der Waals surface area contributed by atoms with E-state index < -0.39 is 5.82 Å². The van der Waals surface area contributed by atoms with Gasteiger partial charge in [0.25, 0.3) is 11.5 Å². The molecule has 0 saturated heterocycles. The molecule has 0 spiro atoms. The second-order valence-corrected chi connectivity index (χ2v) is 10.7. The highest BCUT2D eigenvalue weighted by Crippen LogP contribution is 2.25. The molecule has 0 radical (unpaired) electrons. The van der Waals surface area contributed by atoms with Crippen LogP contribution in [0.2, 0.25) is 0 Å². The van der Waals surface area contributed by atoms with Crippen molar-refractivity contribution in [1.82, 2.24) is 14.9 Å². The van der Waals surface area contributed by atoms with E-state index in [1.165, 1.54) is 28.8 Å². The van der Waals surface area contributed by atoms with Crippen LogP contribution in [0.1, 0.15) is 57.5 Å². The van der Waals surface area contributed by atoms with E-state index in [2.05, 4.69) is 5.32 Å². The number of fused-ring (bicyclic) bond motifs is 1. The van der Waals surface area contributed by atoms with Crippen LogP contribution in [-0.4, -0.2) is 33.0 Å². The van der Waals surface area contributed by atoms with Gasteiger partial charge in [-0.1, -0.05) is 48.4 Å². The van der Waals surface area contributed by atoms with Gasteiger partial charge in [0, 0.05) is 17.2 Å². The summed E-state index contributed by atoms with van der Waals surface area (Å²) in [7, 11) is 0. The van der Waals surface area contributed by atoms with Crippen molar-refractivity contribution in [3.8, 4) is 5.69 Å². The molecule has 3 aromatic carbocycles.